The normalized spacial score (nSPS) is 11.8. The number of hydrogen-bond donors (Lipinski definition) is 11. The molecule has 0 aliphatic carbocycles. The second-order valence-electron chi connectivity index (χ2n) is 33.9. The van der Waals surface area contributed by atoms with Crippen molar-refractivity contribution in [3.05, 3.63) is 271 Å². The molecular weight excluding hydrogens is 1830 g/mol. The molecular formula is C112H124N16S8. The fourth-order valence-corrected chi connectivity index (χ4v) is 26.3. The predicted molar refractivity (Wildman–Crippen MR) is 588 cm³/mol. The Labute approximate surface area is 834 Å². The van der Waals surface area contributed by atoms with Gasteiger partial charge in [0.15, 0.2) is 11.6 Å². The molecule has 0 saturated heterocycles. The molecule has 8 bridgehead atoms. The lowest BCUT2D eigenvalue weighted by molar-refractivity contribution is 0.755. The highest BCUT2D eigenvalue weighted by molar-refractivity contribution is 8.06. The molecule has 0 amide bonds. The number of unbranched alkanes of at least 4 members (excludes halogenated alkanes) is 8. The molecule has 17 rings (SSSR count). The first-order chi connectivity index (χ1) is 67.2. The molecule has 4 aromatic heterocycles. The number of benzene rings is 12. The lowest BCUT2D eigenvalue weighted by Crippen LogP contribution is -2.18. The van der Waals surface area contributed by atoms with E-state index in [9.17, 15) is 0 Å². The number of nitrogens with zero attached hydrogens (tertiary/aromatic N) is 5. The summed E-state index contributed by atoms with van der Waals surface area (Å²) in [6.07, 6.45) is 15.5. The first-order valence-electron chi connectivity index (χ1n) is 48.8. The van der Waals surface area contributed by atoms with Crippen molar-refractivity contribution in [1.29, 1.82) is 0 Å². The lowest BCUT2D eigenvalue weighted by Gasteiger charge is -2.24. The quantitative estimate of drug-likeness (QED) is 0.0161. The van der Waals surface area contributed by atoms with Crippen LogP contribution in [0.2, 0.25) is 0 Å². The van der Waals surface area contributed by atoms with Gasteiger partial charge in [0, 0.05) is 158 Å². The van der Waals surface area contributed by atoms with Crippen LogP contribution in [0.4, 0.5) is 63.1 Å². The van der Waals surface area contributed by atoms with Gasteiger partial charge in [-0.15, -0.1) is 0 Å². The summed E-state index contributed by atoms with van der Waals surface area (Å²) in [5.74, 6) is 2.59. The molecule has 0 fully saturated rings. The van der Waals surface area contributed by atoms with E-state index in [0.717, 1.165) is 290 Å². The van der Waals surface area contributed by atoms with E-state index >= 15 is 0 Å². The van der Waals surface area contributed by atoms with Crippen LogP contribution in [0.25, 0.3) is 43.1 Å². The number of aromatic amines is 3. The summed E-state index contributed by atoms with van der Waals surface area (Å²) < 4.78 is 2.28. The molecule has 24 heteroatoms. The average Bonchev–Trinajstić information content (AvgIpc) is 1.54. The van der Waals surface area contributed by atoms with Crippen LogP contribution in [0.5, 0.6) is 0 Å². The zero-order valence-electron chi connectivity index (χ0n) is 79.1. The van der Waals surface area contributed by atoms with E-state index in [4.69, 9.17) is 20.0 Å². The van der Waals surface area contributed by atoms with E-state index in [1.807, 2.05) is 0 Å². The molecule has 0 unspecified atom stereocenters. The highest BCUT2D eigenvalue weighted by Crippen LogP contribution is 2.61. The fourth-order valence-electron chi connectivity index (χ4n) is 16.8. The Balaban J connectivity index is 1.20. The van der Waals surface area contributed by atoms with Crippen molar-refractivity contribution in [1.82, 2.24) is 19.6 Å². The predicted octanol–water partition coefficient (Wildman–Crippen LogP) is 32.2. The topological polar surface area (TPSA) is 198 Å². The van der Waals surface area contributed by atoms with Gasteiger partial charge in [-0.1, -0.05) is 346 Å². The first kappa shape index (κ1) is 96.9. The number of nitrogens with one attached hydrogen (secondary N) is 11. The molecule has 0 atom stereocenters. The monoisotopic (exact) mass is 1950 g/mol. The minimum Gasteiger partial charge on any atom is -0.383 e. The summed E-state index contributed by atoms with van der Waals surface area (Å²) in [6.45, 7) is 24.0. The maximum absolute atomic E-state index is 6.72. The number of hydrogen-bond acceptors (Lipinski definition) is 20. The minimum atomic E-state index is 0.594. The molecule has 1 aliphatic rings. The Kier molecular flexibility index (Phi) is 34.5. The third-order valence-corrected chi connectivity index (χ3v) is 33.5. The molecule has 0 saturated carbocycles. The smallest absolute Gasteiger partial charge is 0.165 e. The van der Waals surface area contributed by atoms with Crippen molar-refractivity contribution in [2.75, 3.05) is 95.0 Å². The highest BCUT2D eigenvalue weighted by atomic mass is 32.2. The standard InChI is InChI=1S/C112H124N16S8/c1-9-17-65-113-83-73-82-84(92(115-67-19-11-3)91(83)114-66-18-10-2)106-121-105(82)122-107-87-88(98(130-75-51-35-26-36-52-75)102(134-79-59-43-30-44-60-79)101(133-78-57-41-29-42-58-78)97(87)129-74-49-33-25-34-50-74)108(123-107)124-109-89-90(100(132-77-55-39-28-40-56-77)104(136-81-63-47-32-48-64-81)103(135-80-61-45-31-46-62-80)99(89)131-76-53-37-27-38-54-76)110(125-109)127-112-86-85(111(126-106)128(112)120-72-24-16-8)93(116-68-20-12-4)95(118-70-22-14-6)96(119-71-23-15-7)94(86)117-69-21-13-5/h25-64,73,113-120H,9-24,65-72H2,1-8H3,(H3,121,122,123,124,125,126,127). The number of fused-ring (bicyclic) bond motifs is 20. The van der Waals surface area contributed by atoms with Gasteiger partial charge in [-0.25, -0.2) is 24.6 Å². The van der Waals surface area contributed by atoms with Crippen molar-refractivity contribution < 1.29 is 0 Å². The summed E-state index contributed by atoms with van der Waals surface area (Å²) in [6, 6.07) is 89.8. The maximum atomic E-state index is 6.72. The Morgan fingerprint density at radius 2 is 0.471 bits per heavy atom. The van der Waals surface area contributed by atoms with Crippen LogP contribution in [-0.2, 0) is 0 Å². The van der Waals surface area contributed by atoms with Crippen molar-refractivity contribution in [3.8, 4) is 0 Å². The fraction of sp³-hybridized carbons (Fsp3) is 0.286. The SMILES string of the molecule is CCCCNc1cc2c3[nH]c(c2c(NCCCC)c1NCCCC)=Nc1c2c(NCCCC)c(NCCCC)c(NCCCC)c(NCCCC)c2c(n1NCCCC)N=c1[nH]c(c2c(Sc4ccccc4)c(Sc4ccccc4)c(Sc4ccccc4)c(Sc4ccccc4)c12)=Nc1[nH]c(c2c(Sc4ccccc4)c(Sc4ccccc4)c(Sc4ccccc4)c(Sc4ccccc4)c12)N=3. The molecule has 1 aliphatic heterocycles. The van der Waals surface area contributed by atoms with E-state index in [1.54, 1.807) is 94.1 Å². The van der Waals surface area contributed by atoms with Crippen molar-refractivity contribution in [3.63, 3.8) is 0 Å². The van der Waals surface area contributed by atoms with Crippen molar-refractivity contribution >= 4 is 200 Å². The molecule has 11 N–H and O–H groups in total. The van der Waals surface area contributed by atoms with Crippen LogP contribution in [0, 0.1) is 0 Å². The number of anilines is 7. The van der Waals surface area contributed by atoms with Gasteiger partial charge < -0.3 is 57.6 Å². The van der Waals surface area contributed by atoms with Crippen LogP contribution in [0.1, 0.15) is 158 Å². The van der Waals surface area contributed by atoms with Gasteiger partial charge in [0.25, 0.3) is 0 Å². The van der Waals surface area contributed by atoms with E-state index in [1.165, 1.54) is 0 Å². The van der Waals surface area contributed by atoms with Crippen LogP contribution in [0.15, 0.2) is 347 Å². The minimum absolute atomic E-state index is 0.594. The Bertz CT molecular complexity index is 6970. The third kappa shape index (κ3) is 22.6. The summed E-state index contributed by atoms with van der Waals surface area (Å²) >= 11 is 14.3. The van der Waals surface area contributed by atoms with E-state index in [-0.39, 0.29) is 0 Å². The molecule has 700 valence electrons. The molecule has 136 heavy (non-hydrogen) atoms. The van der Waals surface area contributed by atoms with E-state index < -0.39 is 0 Å². The van der Waals surface area contributed by atoms with Gasteiger partial charge in [0.2, 0.25) is 0 Å². The summed E-state index contributed by atoms with van der Waals surface area (Å²) in [5.41, 5.74) is 13.6. The maximum Gasteiger partial charge on any atom is 0.165 e. The van der Waals surface area contributed by atoms with E-state index in [0.29, 0.717) is 71.4 Å². The average molecular weight is 1950 g/mol. The molecule has 5 heterocycles. The Morgan fingerprint density at radius 1 is 0.228 bits per heavy atom. The second kappa shape index (κ2) is 48.5. The largest absolute Gasteiger partial charge is 0.383 e. The molecule has 16 nitrogen and oxygen atoms in total. The number of aromatic nitrogens is 4. The van der Waals surface area contributed by atoms with Crippen LogP contribution in [0.3, 0.4) is 0 Å². The van der Waals surface area contributed by atoms with Gasteiger partial charge in [0.1, 0.15) is 33.6 Å². The van der Waals surface area contributed by atoms with Gasteiger partial charge in [-0.05, 0) is 154 Å². The summed E-state index contributed by atoms with van der Waals surface area (Å²) in [5, 5.41) is 36.7. The Morgan fingerprint density at radius 3 is 0.787 bits per heavy atom. The zero-order valence-corrected chi connectivity index (χ0v) is 85.7. The molecule has 0 spiro atoms. The molecule has 12 aromatic carbocycles. The van der Waals surface area contributed by atoms with Crippen molar-refractivity contribution in [2.45, 2.75) is 236 Å². The second-order valence-corrected chi connectivity index (χ2v) is 42.6. The molecule has 0 radical (unpaired) electrons. The van der Waals surface area contributed by atoms with E-state index in [2.05, 4.69) is 366 Å². The zero-order chi connectivity index (χ0) is 93.3. The lowest BCUT2D eigenvalue weighted by atomic mass is 10.0. The van der Waals surface area contributed by atoms with Crippen molar-refractivity contribution in [2.24, 2.45) is 20.0 Å². The van der Waals surface area contributed by atoms with Gasteiger partial charge in [0.05, 0.1) is 56.0 Å². The third-order valence-electron chi connectivity index (χ3n) is 23.7. The van der Waals surface area contributed by atoms with Gasteiger partial charge in [-0.3, -0.25) is 0 Å². The molecule has 16 aromatic rings. The van der Waals surface area contributed by atoms with Crippen LogP contribution < -0.4 is 64.6 Å². The summed E-state index contributed by atoms with van der Waals surface area (Å²) in [4.78, 5) is 56.4. The van der Waals surface area contributed by atoms with Gasteiger partial charge in [-0.2, -0.15) is 0 Å². The number of rotatable bonds is 48. The van der Waals surface area contributed by atoms with Gasteiger partial charge >= 0.3 is 0 Å². The van der Waals surface area contributed by atoms with Crippen LogP contribution in [-0.4, -0.2) is 72.0 Å². The highest BCUT2D eigenvalue weighted by Gasteiger charge is 2.35. The summed E-state index contributed by atoms with van der Waals surface area (Å²) in [7, 11) is 0. The Hall–Kier alpha value is -10.8. The van der Waals surface area contributed by atoms with Crippen LogP contribution >= 0.6 is 94.1 Å². The first-order valence-corrected chi connectivity index (χ1v) is 55.4. The number of H-pyrrole nitrogens is 3.